The molecule has 2 aromatic carbocycles. The van der Waals surface area contributed by atoms with E-state index in [-0.39, 0.29) is 6.61 Å². The van der Waals surface area contributed by atoms with Gasteiger partial charge in [0.15, 0.2) is 11.5 Å². The van der Waals surface area contributed by atoms with Crippen LogP contribution in [-0.4, -0.2) is 29.1 Å². The van der Waals surface area contributed by atoms with E-state index in [1.54, 1.807) is 17.2 Å². The van der Waals surface area contributed by atoms with Crippen molar-refractivity contribution in [3.8, 4) is 23.8 Å². The predicted molar refractivity (Wildman–Crippen MR) is 94.7 cm³/mol. The molecule has 0 unspecified atom stereocenters. The molecule has 0 saturated heterocycles. The third kappa shape index (κ3) is 3.39. The number of ether oxygens (including phenoxy) is 2. The third-order valence-electron chi connectivity index (χ3n) is 3.34. The number of fused-ring (bicyclic) bond motifs is 1. The Labute approximate surface area is 140 Å². The van der Waals surface area contributed by atoms with Crippen LogP contribution in [0.5, 0.6) is 11.5 Å². The van der Waals surface area contributed by atoms with Gasteiger partial charge < -0.3 is 9.47 Å². The molecular formula is C19H17N3O2. The molecule has 0 fully saturated rings. The van der Waals surface area contributed by atoms with Gasteiger partial charge in [-0.2, -0.15) is 5.10 Å². The summed E-state index contributed by atoms with van der Waals surface area (Å²) in [6, 6.07) is 13.4. The minimum atomic E-state index is 0.203. The molecule has 0 aliphatic heterocycles. The lowest BCUT2D eigenvalue weighted by molar-refractivity contribution is 0.299. The number of para-hydroxylation sites is 2. The zero-order valence-electron chi connectivity index (χ0n) is 13.3. The number of rotatable bonds is 6. The van der Waals surface area contributed by atoms with Crippen LogP contribution >= 0.6 is 0 Å². The van der Waals surface area contributed by atoms with Gasteiger partial charge in [0.1, 0.15) is 12.9 Å². The van der Waals surface area contributed by atoms with E-state index in [0.717, 1.165) is 16.6 Å². The SMILES string of the molecule is C#CCOc1ccc(/C=N\n2cnc3ccccc32)cc1OCC. The van der Waals surface area contributed by atoms with Crippen LogP contribution in [0.2, 0.25) is 0 Å². The lowest BCUT2D eigenvalue weighted by Gasteiger charge is -2.10. The summed E-state index contributed by atoms with van der Waals surface area (Å²) in [4.78, 5) is 4.31. The van der Waals surface area contributed by atoms with Crippen LogP contribution in [0.3, 0.4) is 0 Å². The summed E-state index contributed by atoms with van der Waals surface area (Å²) >= 11 is 0. The number of benzene rings is 2. The molecule has 0 saturated carbocycles. The normalized spacial score (nSPS) is 10.8. The molecule has 1 heterocycles. The highest BCUT2D eigenvalue weighted by atomic mass is 16.5. The van der Waals surface area contributed by atoms with Crippen LogP contribution < -0.4 is 9.47 Å². The van der Waals surface area contributed by atoms with E-state index in [0.29, 0.717) is 18.1 Å². The maximum absolute atomic E-state index is 5.61. The van der Waals surface area contributed by atoms with Gasteiger partial charge >= 0.3 is 0 Å². The van der Waals surface area contributed by atoms with Crippen molar-refractivity contribution < 1.29 is 9.47 Å². The van der Waals surface area contributed by atoms with E-state index >= 15 is 0 Å². The van der Waals surface area contributed by atoms with E-state index in [4.69, 9.17) is 15.9 Å². The fourth-order valence-electron chi connectivity index (χ4n) is 2.28. The van der Waals surface area contributed by atoms with E-state index in [2.05, 4.69) is 16.0 Å². The summed E-state index contributed by atoms with van der Waals surface area (Å²) in [6.45, 7) is 2.66. The molecular weight excluding hydrogens is 302 g/mol. The Bertz CT molecular complexity index is 906. The first kappa shape index (κ1) is 15.6. The number of aromatic nitrogens is 2. The number of hydrogen-bond donors (Lipinski definition) is 0. The monoisotopic (exact) mass is 319 g/mol. The average Bonchev–Trinajstić information content (AvgIpc) is 3.03. The molecule has 1 aromatic heterocycles. The Balaban J connectivity index is 1.86. The molecule has 3 rings (SSSR count). The molecule has 0 aliphatic rings. The van der Waals surface area contributed by atoms with Gasteiger partial charge in [0.05, 0.1) is 23.9 Å². The van der Waals surface area contributed by atoms with Gasteiger partial charge in [-0.25, -0.2) is 9.66 Å². The number of terminal acetylenes is 1. The molecule has 120 valence electrons. The van der Waals surface area contributed by atoms with Crippen LogP contribution in [0, 0.1) is 12.3 Å². The summed E-state index contributed by atoms with van der Waals surface area (Å²) in [7, 11) is 0. The molecule has 5 heteroatoms. The standard InChI is InChI=1S/C19H17N3O2/c1-3-11-24-18-10-9-15(12-19(18)23-4-2)13-21-22-14-20-16-7-5-6-8-17(16)22/h1,5-10,12-14H,4,11H2,2H3/b21-13-. The molecule has 3 aromatic rings. The number of hydrogen-bond acceptors (Lipinski definition) is 4. The van der Waals surface area contributed by atoms with Crippen LogP contribution in [-0.2, 0) is 0 Å². The van der Waals surface area contributed by atoms with Crippen molar-refractivity contribution in [3.05, 3.63) is 54.4 Å². The fraction of sp³-hybridized carbons (Fsp3) is 0.158. The van der Waals surface area contributed by atoms with Gasteiger partial charge in [0.2, 0.25) is 0 Å². The van der Waals surface area contributed by atoms with Crippen LogP contribution in [0.1, 0.15) is 12.5 Å². The summed E-state index contributed by atoms with van der Waals surface area (Å²) in [5.41, 5.74) is 2.75. The van der Waals surface area contributed by atoms with E-state index in [1.165, 1.54) is 0 Å². The zero-order chi connectivity index (χ0) is 16.8. The Kier molecular flexibility index (Phi) is 4.78. The van der Waals surface area contributed by atoms with Gasteiger partial charge in [0.25, 0.3) is 0 Å². The third-order valence-corrected chi connectivity index (χ3v) is 3.34. The molecule has 0 bridgehead atoms. The minimum Gasteiger partial charge on any atom is -0.490 e. The lowest BCUT2D eigenvalue weighted by Crippen LogP contribution is -2.00. The van der Waals surface area contributed by atoms with Crippen molar-refractivity contribution in [1.82, 2.24) is 9.66 Å². The Morgan fingerprint density at radius 2 is 2.08 bits per heavy atom. The first-order chi connectivity index (χ1) is 11.8. The summed E-state index contributed by atoms with van der Waals surface area (Å²) in [5, 5.41) is 4.46. The van der Waals surface area contributed by atoms with Crippen molar-refractivity contribution in [3.63, 3.8) is 0 Å². The highest BCUT2D eigenvalue weighted by molar-refractivity contribution is 5.82. The highest BCUT2D eigenvalue weighted by Gasteiger charge is 2.06. The van der Waals surface area contributed by atoms with Crippen LogP contribution in [0.25, 0.3) is 11.0 Å². The first-order valence-electron chi connectivity index (χ1n) is 7.61. The predicted octanol–water partition coefficient (Wildman–Crippen LogP) is 3.33. The molecule has 0 N–H and O–H groups in total. The van der Waals surface area contributed by atoms with Crippen LogP contribution in [0.4, 0.5) is 0 Å². The van der Waals surface area contributed by atoms with Crippen molar-refractivity contribution in [1.29, 1.82) is 0 Å². The Morgan fingerprint density at radius 3 is 2.92 bits per heavy atom. The summed E-state index contributed by atoms with van der Waals surface area (Å²) < 4.78 is 12.8. The van der Waals surface area contributed by atoms with Gasteiger partial charge in [-0.15, -0.1) is 6.42 Å². The van der Waals surface area contributed by atoms with Crippen molar-refractivity contribution in [2.75, 3.05) is 13.2 Å². The van der Waals surface area contributed by atoms with Crippen molar-refractivity contribution in [2.45, 2.75) is 6.92 Å². The molecule has 0 aliphatic carbocycles. The topological polar surface area (TPSA) is 48.6 Å². The van der Waals surface area contributed by atoms with Gasteiger partial charge in [-0.1, -0.05) is 18.1 Å². The van der Waals surface area contributed by atoms with E-state index in [1.807, 2.05) is 49.4 Å². The largest absolute Gasteiger partial charge is 0.490 e. The molecule has 5 nitrogen and oxygen atoms in total. The van der Waals surface area contributed by atoms with E-state index < -0.39 is 0 Å². The average molecular weight is 319 g/mol. The number of imidazole rings is 1. The lowest BCUT2D eigenvalue weighted by atomic mass is 10.2. The first-order valence-corrected chi connectivity index (χ1v) is 7.61. The Hall–Kier alpha value is -3.26. The summed E-state index contributed by atoms with van der Waals surface area (Å²) in [5.74, 6) is 3.72. The van der Waals surface area contributed by atoms with Crippen molar-refractivity contribution >= 4 is 17.2 Å². The van der Waals surface area contributed by atoms with Crippen LogP contribution in [0.15, 0.2) is 53.9 Å². The zero-order valence-corrected chi connectivity index (χ0v) is 13.3. The quantitative estimate of drug-likeness (QED) is 0.517. The van der Waals surface area contributed by atoms with Gasteiger partial charge in [0, 0.05) is 0 Å². The van der Waals surface area contributed by atoms with Gasteiger partial charge in [-0.05, 0) is 42.8 Å². The number of nitrogens with zero attached hydrogens (tertiary/aromatic N) is 3. The molecule has 0 radical (unpaired) electrons. The second-order valence-electron chi connectivity index (χ2n) is 4.95. The fourth-order valence-corrected chi connectivity index (χ4v) is 2.28. The minimum absolute atomic E-state index is 0.203. The summed E-state index contributed by atoms with van der Waals surface area (Å²) in [6.07, 6.45) is 8.67. The van der Waals surface area contributed by atoms with Crippen molar-refractivity contribution in [2.24, 2.45) is 5.10 Å². The second kappa shape index (κ2) is 7.34. The Morgan fingerprint density at radius 1 is 1.21 bits per heavy atom. The smallest absolute Gasteiger partial charge is 0.162 e. The highest BCUT2D eigenvalue weighted by Crippen LogP contribution is 2.28. The molecule has 0 spiro atoms. The maximum atomic E-state index is 5.61. The van der Waals surface area contributed by atoms with Gasteiger partial charge in [-0.3, -0.25) is 0 Å². The molecule has 0 atom stereocenters. The van der Waals surface area contributed by atoms with E-state index in [9.17, 15) is 0 Å². The second-order valence-corrected chi connectivity index (χ2v) is 4.95. The maximum Gasteiger partial charge on any atom is 0.162 e. The molecule has 24 heavy (non-hydrogen) atoms. The molecule has 0 amide bonds.